The fourth-order valence-corrected chi connectivity index (χ4v) is 0.918. The van der Waals surface area contributed by atoms with Gasteiger partial charge >= 0.3 is 0 Å². The molecule has 3 nitrogen and oxygen atoms in total. The van der Waals surface area contributed by atoms with Gasteiger partial charge in [-0.05, 0) is 24.5 Å². The van der Waals surface area contributed by atoms with Crippen molar-refractivity contribution in [2.24, 2.45) is 0 Å². The van der Waals surface area contributed by atoms with Crippen LogP contribution in [-0.4, -0.2) is 11.0 Å². The van der Waals surface area contributed by atoms with Crippen LogP contribution in [0.1, 0.15) is 5.56 Å². The second-order valence-corrected chi connectivity index (χ2v) is 2.57. The van der Waals surface area contributed by atoms with E-state index in [0.29, 0.717) is 11.3 Å². The molecule has 0 aliphatic carbocycles. The van der Waals surface area contributed by atoms with E-state index in [0.717, 1.165) is 0 Å². The minimum atomic E-state index is -0.569. The Balaban J connectivity index is 2.97. The average molecular weight is 175 g/mol. The van der Waals surface area contributed by atoms with Crippen molar-refractivity contribution in [2.45, 2.75) is 6.92 Å². The van der Waals surface area contributed by atoms with Crippen molar-refractivity contribution in [1.82, 2.24) is 0 Å². The number of amides is 1. The number of phenols is 1. The third-order valence-electron chi connectivity index (χ3n) is 1.62. The Morgan fingerprint density at radius 2 is 2.31 bits per heavy atom. The maximum absolute atomic E-state index is 10.8. The molecule has 1 amide bonds. The van der Waals surface area contributed by atoms with E-state index in [1.807, 2.05) is 5.92 Å². The SMILES string of the molecule is C#CC(=O)Nc1cccc(C)c1O. The molecule has 1 aromatic rings. The Bertz CT molecular complexity index is 377. The van der Waals surface area contributed by atoms with Crippen LogP contribution in [-0.2, 0) is 4.79 Å². The Kier molecular flexibility index (Phi) is 2.56. The molecule has 0 bridgehead atoms. The zero-order valence-corrected chi connectivity index (χ0v) is 7.16. The quantitative estimate of drug-likeness (QED) is 0.499. The van der Waals surface area contributed by atoms with E-state index in [2.05, 4.69) is 5.32 Å². The lowest BCUT2D eigenvalue weighted by Crippen LogP contribution is -2.08. The van der Waals surface area contributed by atoms with Gasteiger partial charge in [0, 0.05) is 0 Å². The van der Waals surface area contributed by atoms with Crippen molar-refractivity contribution in [2.75, 3.05) is 5.32 Å². The van der Waals surface area contributed by atoms with Gasteiger partial charge in [-0.1, -0.05) is 12.1 Å². The molecule has 0 aromatic heterocycles. The van der Waals surface area contributed by atoms with Crippen LogP contribution in [0.3, 0.4) is 0 Å². The normalized spacial score (nSPS) is 8.92. The van der Waals surface area contributed by atoms with Crippen LogP contribution >= 0.6 is 0 Å². The number of hydrogen-bond acceptors (Lipinski definition) is 2. The van der Waals surface area contributed by atoms with Gasteiger partial charge in [-0.15, -0.1) is 6.42 Å². The molecule has 0 radical (unpaired) electrons. The largest absolute Gasteiger partial charge is 0.505 e. The number of rotatable bonds is 1. The fraction of sp³-hybridized carbons (Fsp3) is 0.100. The number of para-hydroxylation sites is 1. The van der Waals surface area contributed by atoms with Gasteiger partial charge in [0.2, 0.25) is 0 Å². The molecule has 0 spiro atoms. The molecule has 0 atom stereocenters. The van der Waals surface area contributed by atoms with Crippen LogP contribution in [0, 0.1) is 19.3 Å². The lowest BCUT2D eigenvalue weighted by Gasteiger charge is -2.05. The van der Waals surface area contributed by atoms with E-state index < -0.39 is 5.91 Å². The number of carbonyl (C=O) groups is 1. The number of aryl methyl sites for hydroxylation is 1. The predicted molar refractivity (Wildman–Crippen MR) is 50.3 cm³/mol. The van der Waals surface area contributed by atoms with Gasteiger partial charge < -0.3 is 10.4 Å². The monoisotopic (exact) mass is 175 g/mol. The van der Waals surface area contributed by atoms with E-state index in [1.54, 1.807) is 25.1 Å². The number of aromatic hydroxyl groups is 1. The van der Waals surface area contributed by atoms with Crippen LogP contribution in [0.4, 0.5) is 5.69 Å². The lowest BCUT2D eigenvalue weighted by atomic mass is 10.2. The molecule has 0 heterocycles. The van der Waals surface area contributed by atoms with Crippen LogP contribution in [0.2, 0.25) is 0 Å². The molecule has 1 rings (SSSR count). The molecule has 66 valence electrons. The Morgan fingerprint density at radius 3 is 2.92 bits per heavy atom. The molecule has 0 aliphatic heterocycles. The van der Waals surface area contributed by atoms with Crippen molar-refractivity contribution in [3.8, 4) is 18.1 Å². The van der Waals surface area contributed by atoms with E-state index in [-0.39, 0.29) is 5.75 Å². The Morgan fingerprint density at radius 1 is 1.62 bits per heavy atom. The molecule has 3 heteroatoms. The summed E-state index contributed by atoms with van der Waals surface area (Å²) in [4.78, 5) is 10.8. The second-order valence-electron chi connectivity index (χ2n) is 2.57. The lowest BCUT2D eigenvalue weighted by molar-refractivity contribution is -0.111. The van der Waals surface area contributed by atoms with E-state index in [9.17, 15) is 9.90 Å². The van der Waals surface area contributed by atoms with E-state index >= 15 is 0 Å². The molecule has 1 aromatic carbocycles. The Hall–Kier alpha value is -1.95. The third kappa shape index (κ3) is 2.00. The molecule has 0 saturated heterocycles. The van der Waals surface area contributed by atoms with Gasteiger partial charge in [-0.3, -0.25) is 4.79 Å². The third-order valence-corrected chi connectivity index (χ3v) is 1.62. The maximum atomic E-state index is 10.8. The van der Waals surface area contributed by atoms with Crippen molar-refractivity contribution >= 4 is 11.6 Å². The number of phenolic OH excluding ortho intramolecular Hbond substituents is 1. The summed E-state index contributed by atoms with van der Waals surface area (Å²) in [5.41, 5.74) is 1.03. The zero-order chi connectivity index (χ0) is 9.84. The number of nitrogens with one attached hydrogen (secondary N) is 1. The number of hydrogen-bond donors (Lipinski definition) is 2. The zero-order valence-electron chi connectivity index (χ0n) is 7.16. The van der Waals surface area contributed by atoms with Crippen molar-refractivity contribution < 1.29 is 9.90 Å². The summed E-state index contributed by atoms with van der Waals surface area (Å²) in [6.45, 7) is 1.74. The summed E-state index contributed by atoms with van der Waals surface area (Å²) >= 11 is 0. The molecular weight excluding hydrogens is 166 g/mol. The van der Waals surface area contributed by atoms with Crippen LogP contribution < -0.4 is 5.32 Å². The fourth-order valence-electron chi connectivity index (χ4n) is 0.918. The number of terminal acetylenes is 1. The predicted octanol–water partition coefficient (Wildman–Crippen LogP) is 1.27. The van der Waals surface area contributed by atoms with Crippen LogP contribution in [0.15, 0.2) is 18.2 Å². The summed E-state index contributed by atoms with van der Waals surface area (Å²) in [6.07, 6.45) is 4.86. The highest BCUT2D eigenvalue weighted by atomic mass is 16.3. The van der Waals surface area contributed by atoms with Crippen LogP contribution in [0.25, 0.3) is 0 Å². The standard InChI is InChI=1S/C10H9NO2/c1-3-9(12)11-8-6-4-5-7(2)10(8)13/h1,4-6,13H,2H3,(H,11,12). The van der Waals surface area contributed by atoms with Gasteiger partial charge in [0.15, 0.2) is 0 Å². The highest BCUT2D eigenvalue weighted by Gasteiger charge is 2.04. The van der Waals surface area contributed by atoms with E-state index in [4.69, 9.17) is 6.42 Å². The maximum Gasteiger partial charge on any atom is 0.300 e. The highest BCUT2D eigenvalue weighted by Crippen LogP contribution is 2.26. The summed E-state index contributed by atoms with van der Waals surface area (Å²) in [5.74, 6) is 1.38. The van der Waals surface area contributed by atoms with Crippen molar-refractivity contribution in [3.63, 3.8) is 0 Å². The molecule has 0 unspecified atom stereocenters. The first-order chi connectivity index (χ1) is 6.15. The number of carbonyl (C=O) groups excluding carboxylic acids is 1. The smallest absolute Gasteiger partial charge is 0.300 e. The van der Waals surface area contributed by atoms with Gasteiger partial charge in [0.1, 0.15) is 5.75 Å². The molecule has 0 fully saturated rings. The molecular formula is C10H9NO2. The van der Waals surface area contributed by atoms with Gasteiger partial charge in [0.05, 0.1) is 5.69 Å². The van der Waals surface area contributed by atoms with Gasteiger partial charge in [-0.2, -0.15) is 0 Å². The summed E-state index contributed by atoms with van der Waals surface area (Å²) < 4.78 is 0. The topological polar surface area (TPSA) is 49.3 Å². The summed E-state index contributed by atoms with van der Waals surface area (Å²) in [6, 6.07) is 5.04. The Labute approximate surface area is 76.4 Å². The highest BCUT2D eigenvalue weighted by molar-refractivity contribution is 6.04. The summed E-state index contributed by atoms with van der Waals surface area (Å²) in [5, 5.41) is 11.8. The van der Waals surface area contributed by atoms with Gasteiger partial charge in [-0.25, -0.2) is 0 Å². The number of benzene rings is 1. The first-order valence-electron chi connectivity index (χ1n) is 3.71. The van der Waals surface area contributed by atoms with Crippen molar-refractivity contribution in [1.29, 1.82) is 0 Å². The minimum absolute atomic E-state index is 0.0473. The first-order valence-corrected chi connectivity index (χ1v) is 3.71. The molecule has 13 heavy (non-hydrogen) atoms. The average Bonchev–Trinajstić information content (AvgIpc) is 2.13. The molecule has 0 saturated carbocycles. The van der Waals surface area contributed by atoms with Gasteiger partial charge in [0.25, 0.3) is 5.91 Å². The molecule has 2 N–H and O–H groups in total. The summed E-state index contributed by atoms with van der Waals surface area (Å²) in [7, 11) is 0. The van der Waals surface area contributed by atoms with Crippen molar-refractivity contribution in [3.05, 3.63) is 23.8 Å². The van der Waals surface area contributed by atoms with E-state index in [1.165, 1.54) is 0 Å². The van der Waals surface area contributed by atoms with Crippen LogP contribution in [0.5, 0.6) is 5.75 Å². The second kappa shape index (κ2) is 3.63. The molecule has 0 aliphatic rings. The number of anilines is 1. The first kappa shape index (κ1) is 9.14. The minimum Gasteiger partial charge on any atom is -0.505 e.